The second-order valence-electron chi connectivity index (χ2n) is 8.62. The van der Waals surface area contributed by atoms with E-state index in [1.807, 2.05) is 19.1 Å². The fraction of sp³-hybridized carbons (Fsp3) is 0.192. The van der Waals surface area contributed by atoms with Gasteiger partial charge in [-0.25, -0.2) is 19.0 Å². The highest BCUT2D eigenvalue weighted by Crippen LogP contribution is 2.41. The van der Waals surface area contributed by atoms with E-state index in [0.29, 0.717) is 34.1 Å². The summed E-state index contributed by atoms with van der Waals surface area (Å²) < 4.78 is 15.6. The predicted molar refractivity (Wildman–Crippen MR) is 131 cm³/mol. The normalized spacial score (nSPS) is 13.7. The average molecular weight is 467 g/mol. The molecule has 1 atom stereocenters. The topological polar surface area (TPSA) is 129 Å². The first kappa shape index (κ1) is 22.2. The zero-order chi connectivity index (χ0) is 24.5. The van der Waals surface area contributed by atoms with Gasteiger partial charge in [0.2, 0.25) is 0 Å². The Morgan fingerprint density at radius 2 is 2.06 bits per heavy atom. The van der Waals surface area contributed by atoms with E-state index < -0.39 is 0 Å². The number of nitrogens with zero attached hydrogens (tertiary/aromatic N) is 5. The lowest BCUT2D eigenvalue weighted by Crippen LogP contribution is -2.16. The summed E-state index contributed by atoms with van der Waals surface area (Å²) in [4.78, 5) is 8.44. The van der Waals surface area contributed by atoms with Gasteiger partial charge in [-0.1, -0.05) is 12.1 Å². The highest BCUT2D eigenvalue weighted by atomic mass is 19.1. The summed E-state index contributed by atoms with van der Waals surface area (Å²) in [5, 5.41) is 26.0. The summed E-state index contributed by atoms with van der Waals surface area (Å²) in [6, 6.07) is 13.8. The van der Waals surface area contributed by atoms with Crippen LogP contribution in [0, 0.1) is 22.6 Å². The van der Waals surface area contributed by atoms with Crippen molar-refractivity contribution in [2.75, 3.05) is 11.1 Å². The van der Waals surface area contributed by atoms with Crippen molar-refractivity contribution in [3.05, 3.63) is 94.8 Å². The molecule has 1 unspecified atom stereocenters. The van der Waals surface area contributed by atoms with Crippen molar-refractivity contribution in [2.45, 2.75) is 31.7 Å². The van der Waals surface area contributed by atoms with Crippen LogP contribution in [0.15, 0.2) is 61.2 Å². The number of nitrogens with one attached hydrogen (secondary N) is 2. The molecule has 4 aromatic rings. The summed E-state index contributed by atoms with van der Waals surface area (Å²) in [5.41, 5.74) is 10.00. The van der Waals surface area contributed by atoms with Gasteiger partial charge in [-0.15, -0.1) is 0 Å². The quantitative estimate of drug-likeness (QED) is 0.338. The van der Waals surface area contributed by atoms with Gasteiger partial charge in [0.15, 0.2) is 0 Å². The number of hydrogen-bond acceptors (Lipinski definition) is 7. The van der Waals surface area contributed by atoms with Gasteiger partial charge in [-0.2, -0.15) is 10.4 Å². The first-order valence-corrected chi connectivity index (χ1v) is 11.3. The molecule has 5 rings (SSSR count). The number of nitrogen functional groups attached to an aromatic ring is 1. The first-order chi connectivity index (χ1) is 16.9. The molecular weight excluding hydrogens is 443 g/mol. The highest BCUT2D eigenvalue weighted by Gasteiger charge is 2.26. The number of benzene rings is 2. The smallest absolute Gasteiger partial charge is 0.148 e. The number of nitriles is 1. The van der Waals surface area contributed by atoms with E-state index in [1.165, 1.54) is 17.1 Å². The molecule has 0 saturated heterocycles. The van der Waals surface area contributed by atoms with Crippen molar-refractivity contribution in [3.8, 4) is 11.8 Å². The third-order valence-electron chi connectivity index (χ3n) is 6.10. The van der Waals surface area contributed by atoms with Crippen LogP contribution in [0.3, 0.4) is 0 Å². The van der Waals surface area contributed by atoms with Crippen molar-refractivity contribution in [3.63, 3.8) is 0 Å². The summed E-state index contributed by atoms with van der Waals surface area (Å²) in [6.45, 7) is 1.91. The lowest BCUT2D eigenvalue weighted by molar-refractivity contribution is 0.611. The fourth-order valence-electron chi connectivity index (χ4n) is 4.03. The largest absolute Gasteiger partial charge is 0.383 e. The minimum atomic E-state index is -0.368. The molecular formula is C26H23FN8. The molecule has 2 aromatic carbocycles. The Kier molecular flexibility index (Phi) is 5.71. The van der Waals surface area contributed by atoms with Gasteiger partial charge in [-0.3, -0.25) is 5.41 Å². The van der Waals surface area contributed by atoms with E-state index in [2.05, 4.69) is 26.5 Å². The minimum Gasteiger partial charge on any atom is -0.383 e. The second kappa shape index (κ2) is 8.99. The van der Waals surface area contributed by atoms with E-state index in [1.54, 1.807) is 36.7 Å². The van der Waals surface area contributed by atoms with Crippen LogP contribution >= 0.6 is 0 Å². The monoisotopic (exact) mass is 466 g/mol. The summed E-state index contributed by atoms with van der Waals surface area (Å²) >= 11 is 0. The third kappa shape index (κ3) is 4.46. The number of rotatable bonds is 7. The zero-order valence-electron chi connectivity index (χ0n) is 19.0. The molecule has 2 heterocycles. The summed E-state index contributed by atoms with van der Waals surface area (Å²) in [6.07, 6.45) is 6.90. The number of halogens is 1. The molecule has 1 saturated carbocycles. The summed E-state index contributed by atoms with van der Waals surface area (Å²) in [7, 11) is 0. The van der Waals surface area contributed by atoms with Crippen molar-refractivity contribution >= 4 is 17.3 Å². The Morgan fingerprint density at radius 1 is 1.26 bits per heavy atom. The standard InChI is InChI=1S/C26H23FN8/c1-15(20-12-33-35(13-20)22-5-3-2-4-21(22)27)34-26-23(25(30)31-14-32-26)24(29)19-9-16(11-28)8-18(10-19)17-6-7-17/h2-5,8-10,12-15,17,29H,6-7H2,1H3,(H3,30,31,32,34). The van der Waals surface area contributed by atoms with Gasteiger partial charge >= 0.3 is 0 Å². The molecule has 35 heavy (non-hydrogen) atoms. The van der Waals surface area contributed by atoms with E-state index in [0.717, 1.165) is 24.0 Å². The Balaban J connectivity index is 1.45. The molecule has 9 heteroatoms. The molecule has 1 fully saturated rings. The molecule has 0 aliphatic heterocycles. The first-order valence-electron chi connectivity index (χ1n) is 11.3. The van der Waals surface area contributed by atoms with Gasteiger partial charge in [0.05, 0.1) is 35.1 Å². The van der Waals surface area contributed by atoms with Crippen LogP contribution in [0.1, 0.15) is 59.5 Å². The summed E-state index contributed by atoms with van der Waals surface area (Å²) in [5.74, 6) is 0.621. The van der Waals surface area contributed by atoms with Crippen molar-refractivity contribution in [1.29, 1.82) is 10.7 Å². The second-order valence-corrected chi connectivity index (χ2v) is 8.62. The number of para-hydroxylation sites is 1. The fourth-order valence-corrected chi connectivity index (χ4v) is 4.03. The lowest BCUT2D eigenvalue weighted by atomic mass is 9.96. The van der Waals surface area contributed by atoms with Gasteiger partial charge < -0.3 is 11.1 Å². The molecule has 4 N–H and O–H groups in total. The van der Waals surface area contributed by atoms with Gasteiger partial charge in [-0.05, 0) is 61.6 Å². The van der Waals surface area contributed by atoms with Crippen molar-refractivity contribution < 1.29 is 4.39 Å². The molecule has 0 amide bonds. The minimum absolute atomic E-state index is 0.138. The number of anilines is 2. The maximum absolute atomic E-state index is 14.2. The third-order valence-corrected chi connectivity index (χ3v) is 6.10. The molecule has 0 bridgehead atoms. The maximum Gasteiger partial charge on any atom is 0.148 e. The van der Waals surface area contributed by atoms with E-state index >= 15 is 0 Å². The molecule has 0 radical (unpaired) electrons. The molecule has 0 spiro atoms. The van der Waals surface area contributed by atoms with Crippen LogP contribution in [0.25, 0.3) is 5.69 Å². The van der Waals surface area contributed by atoms with Crippen LogP contribution in [-0.2, 0) is 0 Å². The van der Waals surface area contributed by atoms with Crippen LogP contribution in [0.5, 0.6) is 0 Å². The number of nitrogens with two attached hydrogens (primary N) is 1. The Morgan fingerprint density at radius 3 is 2.80 bits per heavy atom. The van der Waals surface area contributed by atoms with Gasteiger partial charge in [0, 0.05) is 17.3 Å². The van der Waals surface area contributed by atoms with E-state index in [4.69, 9.17) is 11.1 Å². The molecule has 1 aliphatic carbocycles. The van der Waals surface area contributed by atoms with Crippen LogP contribution in [-0.4, -0.2) is 25.5 Å². The van der Waals surface area contributed by atoms with Crippen LogP contribution in [0.2, 0.25) is 0 Å². The Labute approximate surface area is 201 Å². The predicted octanol–water partition coefficient (Wildman–Crippen LogP) is 4.72. The lowest BCUT2D eigenvalue weighted by Gasteiger charge is -2.18. The number of hydrogen-bond donors (Lipinski definition) is 3. The van der Waals surface area contributed by atoms with Crippen molar-refractivity contribution in [2.24, 2.45) is 0 Å². The van der Waals surface area contributed by atoms with E-state index in [-0.39, 0.29) is 23.4 Å². The average Bonchev–Trinajstić information content (AvgIpc) is 3.60. The molecule has 2 aromatic heterocycles. The molecule has 1 aliphatic rings. The van der Waals surface area contributed by atoms with Crippen LogP contribution < -0.4 is 11.1 Å². The van der Waals surface area contributed by atoms with Crippen molar-refractivity contribution in [1.82, 2.24) is 19.7 Å². The van der Waals surface area contributed by atoms with Gasteiger partial charge in [0.25, 0.3) is 0 Å². The SMILES string of the molecule is CC(Nc1ncnc(N)c1C(=N)c1cc(C#N)cc(C2CC2)c1)c1cnn(-c2ccccc2F)c1. The Bertz CT molecular complexity index is 1460. The molecule has 8 nitrogen and oxygen atoms in total. The molecule has 174 valence electrons. The van der Waals surface area contributed by atoms with Crippen LogP contribution in [0.4, 0.5) is 16.0 Å². The zero-order valence-corrected chi connectivity index (χ0v) is 19.0. The number of aromatic nitrogens is 4. The Hall–Kier alpha value is -4.58. The highest BCUT2D eigenvalue weighted by molar-refractivity contribution is 6.16. The van der Waals surface area contributed by atoms with E-state index in [9.17, 15) is 9.65 Å². The van der Waals surface area contributed by atoms with Gasteiger partial charge in [0.1, 0.15) is 29.5 Å². The maximum atomic E-state index is 14.2.